The summed E-state index contributed by atoms with van der Waals surface area (Å²) in [4.78, 5) is 44.5. The molecule has 1 aromatic heterocycles. The molecule has 0 aliphatic carbocycles. The van der Waals surface area contributed by atoms with Crippen molar-refractivity contribution in [1.82, 2.24) is 15.5 Å². The number of nitro benzene ring substituents is 2. The highest BCUT2D eigenvalue weighted by Gasteiger charge is 2.20. The topological polar surface area (TPSA) is 170 Å². The Morgan fingerprint density at radius 2 is 1.72 bits per heavy atom. The number of non-ortho nitro benzene ring substituents is 2. The second-order valence-corrected chi connectivity index (χ2v) is 7.57. The monoisotopic (exact) mass is 456 g/mol. The minimum atomic E-state index is -0.829. The summed E-state index contributed by atoms with van der Waals surface area (Å²) in [5.74, 6) is -1.20. The van der Waals surface area contributed by atoms with Gasteiger partial charge in [0.2, 0.25) is 11.0 Å². The molecule has 0 atom stereocenters. The van der Waals surface area contributed by atoms with Gasteiger partial charge in [-0.25, -0.2) is 0 Å². The Labute approximate surface area is 184 Å². The van der Waals surface area contributed by atoms with E-state index in [-0.39, 0.29) is 18.5 Å². The molecule has 12 nitrogen and oxygen atoms in total. The SMILES string of the molecule is Cc1cccc(-c2nnc(NC(=O)CCNC(=O)c3cc([N+](=O)[O-])cc([N+](=O)[O-])c3)s2)c1. The lowest BCUT2D eigenvalue weighted by Crippen LogP contribution is -2.27. The van der Waals surface area contributed by atoms with Crippen molar-refractivity contribution in [3.05, 3.63) is 73.8 Å². The maximum Gasteiger partial charge on any atom is 0.277 e. The molecule has 1 heterocycles. The van der Waals surface area contributed by atoms with Crippen LogP contribution < -0.4 is 10.6 Å². The van der Waals surface area contributed by atoms with Crippen molar-refractivity contribution in [3.8, 4) is 10.6 Å². The molecular weight excluding hydrogens is 440 g/mol. The van der Waals surface area contributed by atoms with E-state index in [2.05, 4.69) is 20.8 Å². The van der Waals surface area contributed by atoms with Gasteiger partial charge in [-0.15, -0.1) is 10.2 Å². The number of carbonyl (C=O) groups excluding carboxylic acids is 2. The Kier molecular flexibility index (Phi) is 6.80. The van der Waals surface area contributed by atoms with Crippen LogP contribution in [0.1, 0.15) is 22.3 Å². The Morgan fingerprint density at radius 3 is 2.34 bits per heavy atom. The van der Waals surface area contributed by atoms with E-state index in [9.17, 15) is 29.8 Å². The molecule has 3 aromatic rings. The number of aryl methyl sites for hydroxylation is 1. The van der Waals surface area contributed by atoms with Crippen LogP contribution in [0.15, 0.2) is 42.5 Å². The number of aromatic nitrogens is 2. The van der Waals surface area contributed by atoms with E-state index in [0.29, 0.717) is 10.1 Å². The summed E-state index contributed by atoms with van der Waals surface area (Å²) in [7, 11) is 0. The molecule has 0 bridgehead atoms. The van der Waals surface area contributed by atoms with Crippen molar-refractivity contribution in [1.29, 1.82) is 0 Å². The van der Waals surface area contributed by atoms with E-state index in [4.69, 9.17) is 0 Å². The number of hydrogen-bond donors (Lipinski definition) is 2. The molecule has 0 saturated carbocycles. The van der Waals surface area contributed by atoms with Crippen molar-refractivity contribution in [3.63, 3.8) is 0 Å². The highest BCUT2D eigenvalue weighted by molar-refractivity contribution is 7.18. The maximum atomic E-state index is 12.2. The molecule has 0 spiro atoms. The van der Waals surface area contributed by atoms with Gasteiger partial charge in [-0.3, -0.25) is 29.8 Å². The zero-order valence-corrected chi connectivity index (χ0v) is 17.4. The second kappa shape index (κ2) is 9.70. The largest absolute Gasteiger partial charge is 0.352 e. The van der Waals surface area contributed by atoms with Crippen molar-refractivity contribution >= 4 is 39.7 Å². The fraction of sp³-hybridized carbons (Fsp3) is 0.158. The molecule has 2 amide bonds. The Bertz CT molecular complexity index is 1180. The van der Waals surface area contributed by atoms with E-state index < -0.39 is 33.0 Å². The molecule has 3 rings (SSSR count). The Morgan fingerprint density at radius 1 is 1.03 bits per heavy atom. The first-order valence-corrected chi connectivity index (χ1v) is 9.97. The third-order valence-electron chi connectivity index (χ3n) is 4.16. The van der Waals surface area contributed by atoms with Crippen LogP contribution in [-0.4, -0.2) is 38.4 Å². The van der Waals surface area contributed by atoms with E-state index >= 15 is 0 Å². The number of carbonyl (C=O) groups is 2. The third kappa shape index (κ3) is 5.66. The van der Waals surface area contributed by atoms with E-state index in [1.54, 1.807) is 0 Å². The van der Waals surface area contributed by atoms with Gasteiger partial charge in [-0.2, -0.15) is 0 Å². The average Bonchev–Trinajstić information content (AvgIpc) is 3.21. The van der Waals surface area contributed by atoms with Gasteiger partial charge in [-0.1, -0.05) is 35.1 Å². The molecule has 0 aliphatic rings. The average molecular weight is 456 g/mol. The van der Waals surface area contributed by atoms with Gasteiger partial charge in [0.05, 0.1) is 21.5 Å². The molecule has 0 aliphatic heterocycles. The predicted molar refractivity (Wildman–Crippen MR) is 115 cm³/mol. The maximum absolute atomic E-state index is 12.2. The first-order chi connectivity index (χ1) is 15.2. The van der Waals surface area contributed by atoms with Gasteiger partial charge in [0, 0.05) is 30.7 Å². The summed E-state index contributed by atoms with van der Waals surface area (Å²) in [6.07, 6.45) is -0.109. The van der Waals surface area contributed by atoms with E-state index in [1.165, 1.54) is 11.3 Å². The van der Waals surface area contributed by atoms with E-state index in [0.717, 1.165) is 29.3 Å². The lowest BCUT2D eigenvalue weighted by Gasteiger charge is -2.05. The summed E-state index contributed by atoms with van der Waals surface area (Å²) in [5, 5.41) is 35.8. The molecule has 2 N–H and O–H groups in total. The molecule has 0 saturated heterocycles. The zero-order valence-electron chi connectivity index (χ0n) is 16.6. The number of nitrogens with one attached hydrogen (secondary N) is 2. The number of anilines is 1. The predicted octanol–water partition coefficient (Wildman–Crippen LogP) is 3.09. The van der Waals surface area contributed by atoms with E-state index in [1.807, 2.05) is 31.2 Å². The van der Waals surface area contributed by atoms with Crippen LogP contribution in [0.25, 0.3) is 10.6 Å². The Hall–Kier alpha value is -4.26. The number of nitro groups is 2. The van der Waals surface area contributed by atoms with Gasteiger partial charge in [0.25, 0.3) is 17.3 Å². The van der Waals surface area contributed by atoms with Gasteiger partial charge in [0.1, 0.15) is 5.01 Å². The number of amides is 2. The summed E-state index contributed by atoms with van der Waals surface area (Å²) >= 11 is 1.20. The molecule has 0 unspecified atom stereocenters. The fourth-order valence-corrected chi connectivity index (χ4v) is 3.44. The minimum absolute atomic E-state index is 0.0926. The number of hydrogen-bond acceptors (Lipinski definition) is 9. The van der Waals surface area contributed by atoms with Crippen LogP contribution in [0, 0.1) is 27.2 Å². The first kappa shape index (κ1) is 22.4. The van der Waals surface area contributed by atoms with Crippen LogP contribution in [0.5, 0.6) is 0 Å². The van der Waals surface area contributed by atoms with Crippen molar-refractivity contribution in [2.24, 2.45) is 0 Å². The molecule has 0 radical (unpaired) electrons. The number of benzene rings is 2. The molecule has 164 valence electrons. The summed E-state index contributed by atoms with van der Waals surface area (Å²) < 4.78 is 0. The highest BCUT2D eigenvalue weighted by atomic mass is 32.1. The molecule has 0 fully saturated rings. The van der Waals surface area contributed by atoms with Gasteiger partial charge < -0.3 is 10.6 Å². The van der Waals surface area contributed by atoms with Crippen molar-refractivity contribution < 1.29 is 19.4 Å². The highest BCUT2D eigenvalue weighted by Crippen LogP contribution is 2.27. The zero-order chi connectivity index (χ0) is 23.3. The summed E-state index contributed by atoms with van der Waals surface area (Å²) in [6.45, 7) is 1.86. The van der Waals surface area contributed by atoms with Gasteiger partial charge in [-0.05, 0) is 13.0 Å². The summed E-state index contributed by atoms with van der Waals surface area (Å²) in [6, 6.07) is 10.3. The smallest absolute Gasteiger partial charge is 0.277 e. The normalized spacial score (nSPS) is 10.4. The molecule has 13 heteroatoms. The van der Waals surface area contributed by atoms with Crippen LogP contribution in [0.2, 0.25) is 0 Å². The Balaban J connectivity index is 1.56. The second-order valence-electron chi connectivity index (χ2n) is 6.59. The lowest BCUT2D eigenvalue weighted by molar-refractivity contribution is -0.394. The quantitative estimate of drug-likeness (QED) is 0.384. The molecular formula is C19H16N6O6S. The van der Waals surface area contributed by atoms with Crippen LogP contribution in [0.3, 0.4) is 0 Å². The van der Waals surface area contributed by atoms with Crippen LogP contribution in [0.4, 0.5) is 16.5 Å². The fourth-order valence-electron chi connectivity index (χ4n) is 2.68. The summed E-state index contributed by atoms with van der Waals surface area (Å²) in [5.41, 5.74) is 0.526. The molecule has 32 heavy (non-hydrogen) atoms. The van der Waals surface area contributed by atoms with Crippen LogP contribution >= 0.6 is 11.3 Å². The van der Waals surface area contributed by atoms with Gasteiger partial charge >= 0.3 is 0 Å². The minimum Gasteiger partial charge on any atom is -0.352 e. The molecule has 2 aromatic carbocycles. The van der Waals surface area contributed by atoms with Gasteiger partial charge in [0.15, 0.2) is 0 Å². The third-order valence-corrected chi connectivity index (χ3v) is 5.05. The lowest BCUT2D eigenvalue weighted by atomic mass is 10.1. The number of nitrogens with zero attached hydrogens (tertiary/aromatic N) is 4. The van der Waals surface area contributed by atoms with Crippen molar-refractivity contribution in [2.75, 3.05) is 11.9 Å². The van der Waals surface area contributed by atoms with Crippen LogP contribution in [-0.2, 0) is 4.79 Å². The number of rotatable bonds is 8. The standard InChI is InChI=1S/C19H16N6O6S/c1-11-3-2-4-12(7-11)18-22-23-19(32-18)21-16(26)5-6-20-17(27)13-8-14(24(28)29)10-15(9-13)25(30)31/h2-4,7-10H,5-6H2,1H3,(H,20,27)(H,21,23,26). The first-order valence-electron chi connectivity index (χ1n) is 9.15. The van der Waals surface area contributed by atoms with Crippen molar-refractivity contribution in [2.45, 2.75) is 13.3 Å².